The van der Waals surface area contributed by atoms with Crippen LogP contribution in [0.2, 0.25) is 0 Å². The number of benzene rings is 1. The second-order valence-electron chi connectivity index (χ2n) is 4.96. The minimum atomic E-state index is -4.21. The first-order valence-electron chi connectivity index (χ1n) is 6.65. The van der Waals surface area contributed by atoms with Gasteiger partial charge in [-0.15, -0.1) is 0 Å². The van der Waals surface area contributed by atoms with Crippen LogP contribution in [0.25, 0.3) is 10.9 Å². The lowest BCUT2D eigenvalue weighted by Crippen LogP contribution is -2.35. The molecule has 0 spiro atoms. The summed E-state index contributed by atoms with van der Waals surface area (Å²) in [4.78, 5) is 4.42. The molecule has 0 amide bonds. The predicted octanol–water partition coefficient (Wildman–Crippen LogP) is 3.46. The molecule has 0 aliphatic carbocycles. The highest BCUT2D eigenvalue weighted by molar-refractivity contribution is 5.84. The lowest BCUT2D eigenvalue weighted by molar-refractivity contribution is -0.125. The fourth-order valence-electron chi connectivity index (χ4n) is 1.99. The van der Waals surface area contributed by atoms with Crippen molar-refractivity contribution in [2.75, 3.05) is 13.1 Å². The molecule has 0 radical (unpaired) electrons. The van der Waals surface area contributed by atoms with Crippen LogP contribution >= 0.6 is 0 Å². The normalized spacial score (nSPS) is 13.4. The van der Waals surface area contributed by atoms with Gasteiger partial charge in [0.05, 0.1) is 6.54 Å². The van der Waals surface area contributed by atoms with Crippen LogP contribution in [0.4, 0.5) is 13.2 Å². The number of fused-ring (bicyclic) bond motifs is 1. The molecule has 0 bridgehead atoms. The van der Waals surface area contributed by atoms with Crippen LogP contribution in [0.5, 0.6) is 5.75 Å². The summed E-state index contributed by atoms with van der Waals surface area (Å²) in [6.45, 7) is 2.69. The van der Waals surface area contributed by atoms with Crippen LogP contribution in [-0.4, -0.2) is 30.4 Å². The van der Waals surface area contributed by atoms with E-state index in [0.717, 1.165) is 16.6 Å². The van der Waals surface area contributed by atoms with Gasteiger partial charge in [0.15, 0.2) is 0 Å². The lowest BCUT2D eigenvalue weighted by Gasteiger charge is -2.17. The first-order valence-corrected chi connectivity index (χ1v) is 6.65. The summed E-state index contributed by atoms with van der Waals surface area (Å²) in [7, 11) is 0. The van der Waals surface area contributed by atoms with Crippen molar-refractivity contribution in [3.8, 4) is 5.75 Å². The Hall–Kier alpha value is -1.82. The number of nitrogens with one attached hydrogen (secondary N) is 1. The maximum absolute atomic E-state index is 12.1. The summed E-state index contributed by atoms with van der Waals surface area (Å²) < 4.78 is 41.9. The number of halogens is 3. The number of ether oxygens (including phenoxy) is 1. The van der Waals surface area contributed by atoms with E-state index in [-0.39, 0.29) is 12.6 Å². The zero-order chi connectivity index (χ0) is 15.5. The first-order chi connectivity index (χ1) is 9.85. The van der Waals surface area contributed by atoms with Crippen molar-refractivity contribution in [3.63, 3.8) is 0 Å². The third-order valence-electron chi connectivity index (χ3n) is 2.91. The monoisotopic (exact) mass is 298 g/mol. The van der Waals surface area contributed by atoms with E-state index in [1.807, 2.05) is 31.2 Å². The van der Waals surface area contributed by atoms with Crippen LogP contribution in [0.15, 0.2) is 30.3 Å². The number of pyridine rings is 1. The van der Waals surface area contributed by atoms with Crippen molar-refractivity contribution >= 4 is 10.9 Å². The quantitative estimate of drug-likeness (QED) is 0.918. The van der Waals surface area contributed by atoms with Gasteiger partial charge in [0.1, 0.15) is 17.4 Å². The molecule has 1 aromatic carbocycles. The molecule has 0 aliphatic rings. The Morgan fingerprint density at radius 1 is 1.24 bits per heavy atom. The number of alkyl halides is 3. The van der Waals surface area contributed by atoms with Gasteiger partial charge in [-0.2, -0.15) is 13.2 Å². The van der Waals surface area contributed by atoms with E-state index in [1.54, 1.807) is 13.0 Å². The second-order valence-corrected chi connectivity index (χ2v) is 4.96. The van der Waals surface area contributed by atoms with E-state index in [0.29, 0.717) is 5.75 Å². The van der Waals surface area contributed by atoms with Gasteiger partial charge in [0.2, 0.25) is 0 Å². The molecular weight excluding hydrogens is 281 g/mol. The second kappa shape index (κ2) is 6.30. The first kappa shape index (κ1) is 15.6. The summed E-state index contributed by atoms with van der Waals surface area (Å²) in [5.41, 5.74) is 1.58. The van der Waals surface area contributed by atoms with Gasteiger partial charge < -0.3 is 10.1 Å². The van der Waals surface area contributed by atoms with Crippen LogP contribution < -0.4 is 10.1 Å². The number of nitrogens with zero attached hydrogens (tertiary/aromatic N) is 1. The molecule has 114 valence electrons. The SMILES string of the molecule is Cc1ccc2cccc(OC(C)CNCC(F)(F)F)c2n1. The minimum Gasteiger partial charge on any atom is -0.487 e. The molecule has 1 N–H and O–H groups in total. The van der Waals surface area contributed by atoms with E-state index in [2.05, 4.69) is 10.3 Å². The Kier molecular flexibility index (Phi) is 4.67. The molecule has 1 aromatic heterocycles. The van der Waals surface area contributed by atoms with Gasteiger partial charge in [-0.3, -0.25) is 0 Å². The maximum Gasteiger partial charge on any atom is 0.401 e. The predicted molar refractivity (Wildman–Crippen MR) is 75.5 cm³/mol. The van der Waals surface area contributed by atoms with E-state index in [1.165, 1.54) is 0 Å². The molecule has 2 rings (SSSR count). The molecule has 21 heavy (non-hydrogen) atoms. The van der Waals surface area contributed by atoms with Gasteiger partial charge in [-0.1, -0.05) is 18.2 Å². The van der Waals surface area contributed by atoms with E-state index in [9.17, 15) is 13.2 Å². The highest BCUT2D eigenvalue weighted by Gasteiger charge is 2.26. The van der Waals surface area contributed by atoms with Crippen molar-refractivity contribution in [2.45, 2.75) is 26.1 Å². The summed E-state index contributed by atoms with van der Waals surface area (Å²) in [6, 6.07) is 9.37. The Balaban J connectivity index is 2.04. The molecule has 1 atom stereocenters. The maximum atomic E-state index is 12.1. The largest absolute Gasteiger partial charge is 0.487 e. The average Bonchev–Trinajstić information content (AvgIpc) is 2.38. The molecule has 6 heteroatoms. The molecular formula is C15H17F3N2O. The van der Waals surface area contributed by atoms with Crippen molar-refractivity contribution in [2.24, 2.45) is 0 Å². The summed E-state index contributed by atoms with van der Waals surface area (Å²) in [5.74, 6) is 0.581. The third kappa shape index (κ3) is 4.60. The van der Waals surface area contributed by atoms with Gasteiger partial charge in [0, 0.05) is 17.6 Å². The van der Waals surface area contributed by atoms with Crippen molar-refractivity contribution in [1.82, 2.24) is 10.3 Å². The Morgan fingerprint density at radius 3 is 2.71 bits per heavy atom. The molecule has 0 saturated heterocycles. The summed E-state index contributed by atoms with van der Waals surface area (Å²) in [6.07, 6.45) is -4.60. The van der Waals surface area contributed by atoms with E-state index < -0.39 is 12.7 Å². The number of para-hydroxylation sites is 1. The van der Waals surface area contributed by atoms with Crippen LogP contribution in [0.3, 0.4) is 0 Å². The molecule has 0 aliphatic heterocycles. The Labute approximate surface area is 121 Å². The average molecular weight is 298 g/mol. The summed E-state index contributed by atoms with van der Waals surface area (Å²) >= 11 is 0. The molecule has 1 heterocycles. The highest BCUT2D eigenvalue weighted by Crippen LogP contribution is 2.24. The van der Waals surface area contributed by atoms with Crippen LogP contribution in [0, 0.1) is 6.92 Å². The van der Waals surface area contributed by atoms with Gasteiger partial charge >= 0.3 is 6.18 Å². The number of hydrogen-bond donors (Lipinski definition) is 1. The Bertz CT molecular complexity index is 613. The number of hydrogen-bond acceptors (Lipinski definition) is 3. The van der Waals surface area contributed by atoms with Gasteiger partial charge in [-0.05, 0) is 26.0 Å². The third-order valence-corrected chi connectivity index (χ3v) is 2.91. The lowest BCUT2D eigenvalue weighted by atomic mass is 10.2. The number of aryl methyl sites for hydroxylation is 1. The Morgan fingerprint density at radius 2 is 2.00 bits per heavy atom. The van der Waals surface area contributed by atoms with Crippen molar-refractivity contribution in [1.29, 1.82) is 0 Å². The highest BCUT2D eigenvalue weighted by atomic mass is 19.4. The standard InChI is InChI=1S/C15H17F3N2O/c1-10-6-7-12-4-3-5-13(14(12)20-10)21-11(2)8-19-9-15(16,17)18/h3-7,11,19H,8-9H2,1-2H3. The smallest absolute Gasteiger partial charge is 0.401 e. The van der Waals surface area contributed by atoms with E-state index >= 15 is 0 Å². The van der Waals surface area contributed by atoms with Gasteiger partial charge in [-0.25, -0.2) is 4.98 Å². The molecule has 1 unspecified atom stereocenters. The van der Waals surface area contributed by atoms with Crippen molar-refractivity contribution in [3.05, 3.63) is 36.0 Å². The number of rotatable bonds is 5. The minimum absolute atomic E-state index is 0.113. The molecule has 3 nitrogen and oxygen atoms in total. The topological polar surface area (TPSA) is 34.1 Å². The van der Waals surface area contributed by atoms with Crippen LogP contribution in [0.1, 0.15) is 12.6 Å². The van der Waals surface area contributed by atoms with E-state index in [4.69, 9.17) is 4.74 Å². The fraction of sp³-hybridized carbons (Fsp3) is 0.400. The fourth-order valence-corrected chi connectivity index (χ4v) is 1.99. The molecule has 0 fully saturated rings. The zero-order valence-corrected chi connectivity index (χ0v) is 11.9. The molecule has 2 aromatic rings. The van der Waals surface area contributed by atoms with Crippen LogP contribution in [-0.2, 0) is 0 Å². The van der Waals surface area contributed by atoms with Crippen molar-refractivity contribution < 1.29 is 17.9 Å². The van der Waals surface area contributed by atoms with Gasteiger partial charge in [0.25, 0.3) is 0 Å². The molecule has 0 saturated carbocycles. The zero-order valence-electron chi connectivity index (χ0n) is 11.9. The summed E-state index contributed by atoms with van der Waals surface area (Å²) in [5, 5.41) is 3.27. The number of aromatic nitrogens is 1.